The van der Waals surface area contributed by atoms with Crippen molar-refractivity contribution >= 4 is 5.97 Å². The van der Waals surface area contributed by atoms with Gasteiger partial charge in [-0.15, -0.1) is 0 Å². The first kappa shape index (κ1) is 12.9. The third-order valence-electron chi connectivity index (χ3n) is 4.18. The molecule has 98 valence electrons. The average molecular weight is 248 g/mol. The summed E-state index contributed by atoms with van der Waals surface area (Å²) in [6, 6.07) is 7.47. The number of carbonyl (C=O) groups is 1. The average Bonchev–Trinajstić information content (AvgIpc) is 2.40. The highest BCUT2D eigenvalue weighted by Crippen LogP contribution is 2.42. The Kier molecular flexibility index (Phi) is 3.60. The van der Waals surface area contributed by atoms with E-state index in [0.29, 0.717) is 5.92 Å². The molecule has 3 nitrogen and oxygen atoms in total. The number of rotatable bonds is 3. The van der Waals surface area contributed by atoms with Gasteiger partial charge in [-0.1, -0.05) is 19.1 Å². The van der Waals surface area contributed by atoms with Gasteiger partial charge in [0.1, 0.15) is 5.75 Å². The lowest BCUT2D eigenvalue weighted by Gasteiger charge is -2.36. The van der Waals surface area contributed by atoms with Gasteiger partial charge in [0.05, 0.1) is 12.5 Å². The minimum absolute atomic E-state index is 0.635. The minimum Gasteiger partial charge on any atom is -0.497 e. The summed E-state index contributed by atoms with van der Waals surface area (Å²) in [4.78, 5) is 11.7. The molecular weight excluding hydrogens is 228 g/mol. The van der Waals surface area contributed by atoms with E-state index >= 15 is 0 Å². The summed E-state index contributed by atoms with van der Waals surface area (Å²) in [5, 5.41) is 9.62. The molecule has 0 atom stereocenters. The maximum atomic E-state index is 11.7. The summed E-state index contributed by atoms with van der Waals surface area (Å²) in [5.41, 5.74) is 0.210. The zero-order chi connectivity index (χ0) is 13.2. The molecule has 0 amide bonds. The van der Waals surface area contributed by atoms with Crippen LogP contribution in [0.25, 0.3) is 0 Å². The van der Waals surface area contributed by atoms with Crippen LogP contribution in [0.3, 0.4) is 0 Å². The number of benzene rings is 1. The normalized spacial score (nSPS) is 27.8. The monoisotopic (exact) mass is 248 g/mol. The lowest BCUT2D eigenvalue weighted by Crippen LogP contribution is -2.39. The Labute approximate surface area is 108 Å². The van der Waals surface area contributed by atoms with E-state index in [0.717, 1.165) is 37.0 Å². The first-order chi connectivity index (χ1) is 8.58. The number of carboxylic acids is 1. The van der Waals surface area contributed by atoms with Crippen molar-refractivity contribution in [1.29, 1.82) is 0 Å². The number of methoxy groups -OCH3 is 1. The zero-order valence-corrected chi connectivity index (χ0v) is 11.0. The Morgan fingerprint density at radius 3 is 2.28 bits per heavy atom. The number of aliphatic carboxylic acids is 1. The molecule has 18 heavy (non-hydrogen) atoms. The van der Waals surface area contributed by atoms with E-state index in [4.69, 9.17) is 4.74 Å². The van der Waals surface area contributed by atoms with Crippen molar-refractivity contribution < 1.29 is 14.6 Å². The fourth-order valence-electron chi connectivity index (χ4n) is 2.79. The summed E-state index contributed by atoms with van der Waals surface area (Å²) >= 11 is 0. The highest BCUT2D eigenvalue weighted by atomic mass is 16.5. The molecule has 0 bridgehead atoms. The molecule has 2 rings (SSSR count). The Bertz CT molecular complexity index is 414. The van der Waals surface area contributed by atoms with E-state index in [9.17, 15) is 9.90 Å². The summed E-state index contributed by atoms with van der Waals surface area (Å²) in [7, 11) is 1.62. The predicted octanol–water partition coefficient (Wildman–Crippen LogP) is 3.23. The molecule has 1 aliphatic rings. The maximum absolute atomic E-state index is 11.7. The Morgan fingerprint density at radius 1 is 1.28 bits per heavy atom. The van der Waals surface area contributed by atoms with E-state index in [-0.39, 0.29) is 0 Å². The Morgan fingerprint density at radius 2 is 1.83 bits per heavy atom. The van der Waals surface area contributed by atoms with Crippen LogP contribution < -0.4 is 4.74 Å². The largest absolute Gasteiger partial charge is 0.497 e. The van der Waals surface area contributed by atoms with Crippen molar-refractivity contribution in [2.45, 2.75) is 38.0 Å². The molecule has 0 aromatic heterocycles. The summed E-state index contributed by atoms with van der Waals surface area (Å²) in [5.74, 6) is 0.707. The summed E-state index contributed by atoms with van der Waals surface area (Å²) < 4.78 is 5.12. The standard InChI is InChI=1S/C15H20O3/c1-11-7-9-15(10-8-11,14(16)17)12-3-5-13(18-2)6-4-12/h3-6,11H,7-10H2,1-2H3,(H,16,17). The molecule has 1 aliphatic carbocycles. The van der Waals surface area contributed by atoms with Crippen LogP contribution in [-0.2, 0) is 10.2 Å². The van der Waals surface area contributed by atoms with Crippen LogP contribution in [0, 0.1) is 5.92 Å². The molecule has 3 heteroatoms. The van der Waals surface area contributed by atoms with Crippen LogP contribution in [-0.4, -0.2) is 18.2 Å². The fourth-order valence-corrected chi connectivity index (χ4v) is 2.79. The van der Waals surface area contributed by atoms with Crippen molar-refractivity contribution in [3.63, 3.8) is 0 Å². The smallest absolute Gasteiger partial charge is 0.314 e. The van der Waals surface area contributed by atoms with Gasteiger partial charge in [0.25, 0.3) is 0 Å². The van der Waals surface area contributed by atoms with Gasteiger partial charge in [-0.25, -0.2) is 0 Å². The van der Waals surface area contributed by atoms with Gasteiger partial charge in [0.15, 0.2) is 0 Å². The highest BCUT2D eigenvalue weighted by Gasteiger charge is 2.42. The predicted molar refractivity (Wildman–Crippen MR) is 69.9 cm³/mol. The van der Waals surface area contributed by atoms with E-state index in [2.05, 4.69) is 6.92 Å². The first-order valence-corrected chi connectivity index (χ1v) is 6.46. The van der Waals surface area contributed by atoms with E-state index in [1.165, 1.54) is 0 Å². The molecule has 1 fully saturated rings. The van der Waals surface area contributed by atoms with Crippen LogP contribution in [0.1, 0.15) is 38.2 Å². The number of hydrogen-bond donors (Lipinski definition) is 1. The maximum Gasteiger partial charge on any atom is 0.314 e. The fraction of sp³-hybridized carbons (Fsp3) is 0.533. The van der Waals surface area contributed by atoms with Gasteiger partial charge < -0.3 is 9.84 Å². The van der Waals surface area contributed by atoms with E-state index in [1.807, 2.05) is 24.3 Å². The molecule has 1 N–H and O–H groups in total. The van der Waals surface area contributed by atoms with Crippen molar-refractivity contribution in [2.75, 3.05) is 7.11 Å². The second-order valence-electron chi connectivity index (χ2n) is 5.30. The van der Waals surface area contributed by atoms with Crippen LogP contribution in [0.4, 0.5) is 0 Å². The lowest BCUT2D eigenvalue weighted by atomic mass is 9.67. The van der Waals surface area contributed by atoms with Crippen LogP contribution in [0.15, 0.2) is 24.3 Å². The quantitative estimate of drug-likeness (QED) is 0.893. The summed E-state index contributed by atoms with van der Waals surface area (Å²) in [6.07, 6.45) is 3.43. The topological polar surface area (TPSA) is 46.5 Å². The van der Waals surface area contributed by atoms with E-state index in [1.54, 1.807) is 7.11 Å². The molecule has 0 unspecified atom stereocenters. The number of carboxylic acid groups (broad SMARTS) is 1. The molecule has 1 aromatic rings. The van der Waals surface area contributed by atoms with Gasteiger partial charge in [0, 0.05) is 0 Å². The van der Waals surface area contributed by atoms with Crippen LogP contribution in [0.5, 0.6) is 5.75 Å². The van der Waals surface area contributed by atoms with Gasteiger partial charge >= 0.3 is 5.97 Å². The number of ether oxygens (including phenoxy) is 1. The molecule has 1 saturated carbocycles. The van der Waals surface area contributed by atoms with Crippen LogP contribution in [0.2, 0.25) is 0 Å². The van der Waals surface area contributed by atoms with E-state index < -0.39 is 11.4 Å². The van der Waals surface area contributed by atoms with Gasteiger partial charge in [-0.3, -0.25) is 4.79 Å². The Balaban J connectivity index is 2.32. The first-order valence-electron chi connectivity index (χ1n) is 6.46. The third kappa shape index (κ3) is 2.22. The van der Waals surface area contributed by atoms with Crippen molar-refractivity contribution in [3.05, 3.63) is 29.8 Å². The molecule has 0 heterocycles. The second kappa shape index (κ2) is 5.01. The SMILES string of the molecule is COc1ccc(C2(C(=O)O)CCC(C)CC2)cc1. The molecule has 0 spiro atoms. The van der Waals surface area contributed by atoms with Gasteiger partial charge in [-0.05, 0) is 49.3 Å². The van der Waals surface area contributed by atoms with Gasteiger partial charge in [0.2, 0.25) is 0 Å². The molecule has 0 aliphatic heterocycles. The van der Waals surface area contributed by atoms with Gasteiger partial charge in [-0.2, -0.15) is 0 Å². The number of hydrogen-bond acceptors (Lipinski definition) is 2. The molecule has 0 radical (unpaired) electrons. The van der Waals surface area contributed by atoms with Crippen molar-refractivity contribution in [2.24, 2.45) is 5.92 Å². The van der Waals surface area contributed by atoms with Crippen molar-refractivity contribution in [3.8, 4) is 5.75 Å². The minimum atomic E-state index is -0.696. The van der Waals surface area contributed by atoms with Crippen molar-refractivity contribution in [1.82, 2.24) is 0 Å². The lowest BCUT2D eigenvalue weighted by molar-refractivity contribution is -0.145. The molecule has 1 aromatic carbocycles. The third-order valence-corrected chi connectivity index (χ3v) is 4.18. The second-order valence-corrected chi connectivity index (χ2v) is 5.30. The summed E-state index contributed by atoms with van der Waals surface area (Å²) in [6.45, 7) is 2.19. The molecule has 0 saturated heterocycles. The highest BCUT2D eigenvalue weighted by molar-refractivity contribution is 5.81. The zero-order valence-electron chi connectivity index (χ0n) is 11.0. The molecular formula is C15H20O3. The Hall–Kier alpha value is -1.51. The van der Waals surface area contributed by atoms with Crippen LogP contribution >= 0.6 is 0 Å².